The fourth-order valence-corrected chi connectivity index (χ4v) is 8.70. The van der Waals surface area contributed by atoms with Crippen molar-refractivity contribution >= 4 is 32.3 Å². The molecule has 0 heteroatoms. The maximum absolute atomic E-state index is 2.64. The molecule has 4 aromatic rings. The second-order valence-electron chi connectivity index (χ2n) is 15.5. The van der Waals surface area contributed by atoms with Gasteiger partial charge in [0.15, 0.2) is 0 Å². The molecule has 4 rings (SSSR count). The van der Waals surface area contributed by atoms with E-state index in [1.165, 1.54) is 191 Å². The second kappa shape index (κ2) is 22.6. The molecule has 0 amide bonds. The summed E-state index contributed by atoms with van der Waals surface area (Å²) in [5.74, 6) is 0. The third-order valence-corrected chi connectivity index (χ3v) is 11.5. The zero-order valence-electron chi connectivity index (χ0n) is 32.3. The van der Waals surface area contributed by atoms with E-state index in [-0.39, 0.29) is 0 Å². The van der Waals surface area contributed by atoms with E-state index in [0.717, 1.165) is 0 Å². The molecule has 0 N–H and O–H groups in total. The molecule has 0 heterocycles. The molecular weight excluding hydrogens is 577 g/mol. The maximum atomic E-state index is 2.64. The Kier molecular flexibility index (Phi) is 18.2. The van der Waals surface area contributed by atoms with Gasteiger partial charge in [-0.05, 0) is 106 Å². The lowest BCUT2D eigenvalue weighted by Gasteiger charge is -2.25. The summed E-state index contributed by atoms with van der Waals surface area (Å²) in [5.41, 5.74) is 6.99. The molecule has 48 heavy (non-hydrogen) atoms. The van der Waals surface area contributed by atoms with Crippen molar-refractivity contribution in [2.45, 2.75) is 207 Å². The van der Waals surface area contributed by atoms with Crippen LogP contribution in [0.3, 0.4) is 0 Å². The summed E-state index contributed by atoms with van der Waals surface area (Å²) < 4.78 is 0. The molecule has 4 aromatic carbocycles. The van der Waals surface area contributed by atoms with Crippen LogP contribution in [0, 0.1) is 0 Å². The maximum Gasteiger partial charge on any atom is -0.00183 e. The molecule has 0 aliphatic rings. The van der Waals surface area contributed by atoms with Gasteiger partial charge < -0.3 is 0 Å². The quantitative estimate of drug-likeness (QED) is 0.0424. The Hall–Kier alpha value is -2.08. The lowest BCUT2D eigenvalue weighted by Crippen LogP contribution is -2.07. The molecule has 266 valence electrons. The molecule has 0 aliphatic carbocycles. The van der Waals surface area contributed by atoms with Crippen molar-refractivity contribution < 1.29 is 0 Å². The lowest BCUT2D eigenvalue weighted by atomic mass is 9.79. The van der Waals surface area contributed by atoms with Crippen molar-refractivity contribution in [3.63, 3.8) is 0 Å². The number of hydrogen-bond donors (Lipinski definition) is 0. The Labute approximate surface area is 297 Å². The van der Waals surface area contributed by atoms with Crippen LogP contribution in [-0.4, -0.2) is 0 Å². The summed E-state index contributed by atoms with van der Waals surface area (Å²) >= 11 is 0. The van der Waals surface area contributed by atoms with Crippen molar-refractivity contribution in [3.05, 3.63) is 58.7 Å². The monoisotopic (exact) mass is 651 g/mol. The molecular formula is C48H74. The molecule has 0 saturated carbocycles. The number of aryl methyl sites for hydroxylation is 3. The minimum absolute atomic E-state index is 1.24. The third kappa shape index (κ3) is 11.2. The van der Waals surface area contributed by atoms with Crippen LogP contribution >= 0.6 is 0 Å². The molecule has 0 atom stereocenters. The second-order valence-corrected chi connectivity index (χ2v) is 15.5. The van der Waals surface area contributed by atoms with Gasteiger partial charge >= 0.3 is 0 Å². The predicted octanol–water partition coefficient (Wildman–Crippen LogP) is 16.2. The van der Waals surface area contributed by atoms with Crippen molar-refractivity contribution in [2.75, 3.05) is 0 Å². The average molecular weight is 651 g/mol. The Balaban J connectivity index is 1.79. The smallest absolute Gasteiger partial charge is 0.00183 e. The minimum atomic E-state index is 1.24. The van der Waals surface area contributed by atoms with E-state index in [4.69, 9.17) is 0 Å². The van der Waals surface area contributed by atoms with E-state index in [1.54, 1.807) is 43.8 Å². The van der Waals surface area contributed by atoms with Crippen LogP contribution in [0.5, 0.6) is 0 Å². The summed E-state index contributed by atoms with van der Waals surface area (Å²) in [5, 5.41) is 9.42. The van der Waals surface area contributed by atoms with E-state index >= 15 is 0 Å². The Morgan fingerprint density at radius 3 is 1.31 bits per heavy atom. The largest absolute Gasteiger partial charge is 0.0654 e. The van der Waals surface area contributed by atoms with Gasteiger partial charge in [0.1, 0.15) is 0 Å². The Bertz CT molecular complexity index is 1420. The fraction of sp³-hybridized carbons (Fsp3) is 0.667. The number of unbranched alkanes of at least 4 members (excludes halogenated alkanes) is 20. The van der Waals surface area contributed by atoms with Crippen molar-refractivity contribution in [2.24, 2.45) is 0 Å². The van der Waals surface area contributed by atoms with E-state index in [0.29, 0.717) is 0 Å². The zero-order valence-corrected chi connectivity index (χ0v) is 32.3. The van der Waals surface area contributed by atoms with Crippen LogP contribution in [0.15, 0.2) is 36.4 Å². The molecule has 0 radical (unpaired) electrons. The predicted molar refractivity (Wildman–Crippen MR) is 218 cm³/mol. The van der Waals surface area contributed by atoms with Gasteiger partial charge in [0.2, 0.25) is 0 Å². The van der Waals surface area contributed by atoms with Gasteiger partial charge in [-0.15, -0.1) is 0 Å². The highest BCUT2D eigenvalue weighted by molar-refractivity contribution is 6.25. The summed E-state index contributed by atoms with van der Waals surface area (Å²) in [6.45, 7) is 9.36. The Morgan fingerprint density at radius 1 is 0.333 bits per heavy atom. The van der Waals surface area contributed by atoms with Gasteiger partial charge in [0.05, 0.1) is 0 Å². The zero-order chi connectivity index (χ0) is 33.8. The molecule has 0 nitrogen and oxygen atoms in total. The van der Waals surface area contributed by atoms with Crippen LogP contribution in [0.2, 0.25) is 0 Å². The van der Waals surface area contributed by atoms with Gasteiger partial charge in [-0.3, -0.25) is 0 Å². The molecule has 0 bridgehead atoms. The van der Waals surface area contributed by atoms with E-state index in [2.05, 4.69) is 64.1 Å². The summed E-state index contributed by atoms with van der Waals surface area (Å²) in [6.07, 6.45) is 38.1. The van der Waals surface area contributed by atoms with Gasteiger partial charge in [-0.25, -0.2) is 0 Å². The summed E-state index contributed by atoms with van der Waals surface area (Å²) in [6, 6.07) is 14.8. The first-order valence-electron chi connectivity index (χ1n) is 21.5. The van der Waals surface area contributed by atoms with Crippen molar-refractivity contribution in [1.82, 2.24) is 0 Å². The van der Waals surface area contributed by atoms with Crippen LogP contribution < -0.4 is 0 Å². The van der Waals surface area contributed by atoms with E-state index in [9.17, 15) is 0 Å². The highest BCUT2D eigenvalue weighted by Gasteiger charge is 2.22. The number of benzene rings is 4. The first-order chi connectivity index (χ1) is 23.7. The highest BCUT2D eigenvalue weighted by Crippen LogP contribution is 2.44. The third-order valence-electron chi connectivity index (χ3n) is 11.5. The first kappa shape index (κ1) is 38.7. The Morgan fingerprint density at radius 2 is 0.771 bits per heavy atom. The topological polar surface area (TPSA) is 0 Å². The van der Waals surface area contributed by atoms with Gasteiger partial charge in [-0.1, -0.05) is 193 Å². The van der Waals surface area contributed by atoms with Crippen molar-refractivity contribution in [3.8, 4) is 0 Å². The SMILES string of the molecule is CCCCCCCCc1c(CCCCCCCC)c2ccc3cccc4cc(CCCCCCCC)c(c1CCCCCCCC)c2c34. The average Bonchev–Trinajstić information content (AvgIpc) is 3.10. The van der Waals surface area contributed by atoms with Crippen LogP contribution in [0.4, 0.5) is 0 Å². The van der Waals surface area contributed by atoms with Crippen LogP contribution in [-0.2, 0) is 25.7 Å². The molecule has 0 spiro atoms. The van der Waals surface area contributed by atoms with Gasteiger partial charge in [0, 0.05) is 0 Å². The molecule has 0 aliphatic heterocycles. The number of rotatable bonds is 28. The molecule has 0 saturated heterocycles. The number of hydrogen-bond acceptors (Lipinski definition) is 0. The molecule has 0 fully saturated rings. The highest BCUT2D eigenvalue weighted by atomic mass is 14.3. The van der Waals surface area contributed by atoms with Gasteiger partial charge in [0.25, 0.3) is 0 Å². The fourth-order valence-electron chi connectivity index (χ4n) is 8.70. The first-order valence-corrected chi connectivity index (χ1v) is 21.5. The standard InChI is InChI=1S/C48H74/c1-5-9-13-17-21-25-30-41-38-40-32-29-31-39-36-37-45-43(34-27-23-19-15-11-7-3)42(33-26-22-18-14-10-6-2)44(47(41)48(45)46(39)40)35-28-24-20-16-12-8-4/h29,31-32,36-38H,5-28,30,33-35H2,1-4H3. The molecule has 0 unspecified atom stereocenters. The van der Waals surface area contributed by atoms with E-state index in [1.807, 2.05) is 0 Å². The lowest BCUT2D eigenvalue weighted by molar-refractivity contribution is 0.594. The molecule has 0 aromatic heterocycles. The van der Waals surface area contributed by atoms with Crippen LogP contribution in [0.1, 0.15) is 204 Å². The van der Waals surface area contributed by atoms with Gasteiger partial charge in [-0.2, -0.15) is 0 Å². The van der Waals surface area contributed by atoms with E-state index < -0.39 is 0 Å². The minimum Gasteiger partial charge on any atom is -0.0654 e. The normalized spacial score (nSPS) is 12.0. The summed E-state index contributed by atoms with van der Waals surface area (Å²) in [4.78, 5) is 0. The summed E-state index contributed by atoms with van der Waals surface area (Å²) in [7, 11) is 0. The van der Waals surface area contributed by atoms with Crippen molar-refractivity contribution in [1.29, 1.82) is 0 Å². The van der Waals surface area contributed by atoms with Crippen LogP contribution in [0.25, 0.3) is 32.3 Å².